The lowest BCUT2D eigenvalue weighted by atomic mass is 9.79. The molecule has 1 heterocycles. The summed E-state index contributed by atoms with van der Waals surface area (Å²) in [5, 5.41) is 13.2. The van der Waals surface area contributed by atoms with E-state index in [0.29, 0.717) is 6.04 Å². The van der Waals surface area contributed by atoms with Gasteiger partial charge < -0.3 is 10.4 Å². The van der Waals surface area contributed by atoms with E-state index in [-0.39, 0.29) is 12.5 Å². The number of hydrogen-bond acceptors (Lipinski definition) is 3. The van der Waals surface area contributed by atoms with Crippen molar-refractivity contribution in [1.29, 1.82) is 0 Å². The van der Waals surface area contributed by atoms with Gasteiger partial charge in [0, 0.05) is 31.1 Å². The normalized spacial score (nSPS) is 28.2. The Hall–Kier alpha value is -0.930. The summed E-state index contributed by atoms with van der Waals surface area (Å²) >= 11 is 0. The smallest absolute Gasteiger partial charge is 0.0475 e. The van der Waals surface area contributed by atoms with Gasteiger partial charge in [-0.15, -0.1) is 0 Å². The lowest BCUT2D eigenvalue weighted by Gasteiger charge is -2.34. The van der Waals surface area contributed by atoms with Crippen molar-refractivity contribution >= 4 is 0 Å². The number of nitrogens with one attached hydrogen (secondary N) is 1. The molecule has 2 N–H and O–H groups in total. The Kier molecular flexibility index (Phi) is 5.99. The van der Waals surface area contributed by atoms with Crippen LogP contribution in [-0.4, -0.2) is 29.3 Å². The Morgan fingerprint density at radius 2 is 2.20 bits per heavy atom. The first kappa shape index (κ1) is 15.5. The molecule has 0 bridgehead atoms. The second-order valence-electron chi connectivity index (χ2n) is 6.48. The molecule has 1 aliphatic carbocycles. The highest BCUT2D eigenvalue weighted by atomic mass is 16.3. The minimum Gasteiger partial charge on any atom is -0.396 e. The number of hydrogen-bond donors (Lipinski definition) is 2. The molecule has 0 aliphatic heterocycles. The van der Waals surface area contributed by atoms with Crippen LogP contribution in [0.25, 0.3) is 0 Å². The van der Waals surface area contributed by atoms with Crippen LogP contribution in [0.2, 0.25) is 0 Å². The molecule has 1 aromatic heterocycles. The zero-order valence-electron chi connectivity index (χ0n) is 12.8. The van der Waals surface area contributed by atoms with Gasteiger partial charge in [0.05, 0.1) is 0 Å². The van der Waals surface area contributed by atoms with Crippen molar-refractivity contribution in [2.75, 3.05) is 13.2 Å². The molecular weight excluding hydrogens is 248 g/mol. The van der Waals surface area contributed by atoms with Crippen molar-refractivity contribution in [3.05, 3.63) is 30.1 Å². The van der Waals surface area contributed by atoms with Crippen LogP contribution in [0.4, 0.5) is 0 Å². The van der Waals surface area contributed by atoms with Gasteiger partial charge in [-0.05, 0) is 55.6 Å². The Balaban J connectivity index is 1.79. The summed E-state index contributed by atoms with van der Waals surface area (Å²) in [5.74, 6) is 1.87. The summed E-state index contributed by atoms with van der Waals surface area (Å²) in [6.45, 7) is 5.81. The molecule has 2 rings (SSSR count). The number of rotatable bonds is 6. The van der Waals surface area contributed by atoms with Crippen LogP contribution in [0.5, 0.6) is 0 Å². The van der Waals surface area contributed by atoms with Crippen LogP contribution in [0.1, 0.15) is 38.8 Å². The molecule has 0 saturated heterocycles. The molecule has 4 unspecified atom stereocenters. The minimum absolute atomic E-state index is 0.223. The Morgan fingerprint density at radius 3 is 2.85 bits per heavy atom. The highest BCUT2D eigenvalue weighted by molar-refractivity contribution is 5.04. The van der Waals surface area contributed by atoms with Crippen molar-refractivity contribution in [2.24, 2.45) is 17.8 Å². The fourth-order valence-corrected chi connectivity index (χ4v) is 3.30. The summed E-state index contributed by atoms with van der Waals surface area (Å²) < 4.78 is 0. The van der Waals surface area contributed by atoms with E-state index in [1.165, 1.54) is 19.3 Å². The largest absolute Gasteiger partial charge is 0.396 e. The molecule has 1 saturated carbocycles. The Bertz CT molecular complexity index is 382. The van der Waals surface area contributed by atoms with E-state index in [1.54, 1.807) is 0 Å². The van der Waals surface area contributed by atoms with E-state index >= 15 is 0 Å². The Labute approximate surface area is 122 Å². The van der Waals surface area contributed by atoms with Crippen LogP contribution in [-0.2, 0) is 6.42 Å². The van der Waals surface area contributed by atoms with Gasteiger partial charge in [-0.3, -0.25) is 4.98 Å². The van der Waals surface area contributed by atoms with E-state index in [2.05, 4.69) is 24.1 Å². The van der Waals surface area contributed by atoms with E-state index in [0.717, 1.165) is 30.5 Å². The van der Waals surface area contributed by atoms with Crippen LogP contribution in [0.3, 0.4) is 0 Å². The van der Waals surface area contributed by atoms with Crippen molar-refractivity contribution in [3.8, 4) is 0 Å². The van der Waals surface area contributed by atoms with E-state index in [1.807, 2.05) is 24.4 Å². The second kappa shape index (κ2) is 7.75. The summed E-state index contributed by atoms with van der Waals surface area (Å²) in [7, 11) is 0. The summed E-state index contributed by atoms with van der Waals surface area (Å²) in [5.41, 5.74) is 1.07. The van der Waals surface area contributed by atoms with Crippen molar-refractivity contribution in [2.45, 2.75) is 45.6 Å². The van der Waals surface area contributed by atoms with Crippen LogP contribution < -0.4 is 5.32 Å². The van der Waals surface area contributed by atoms with E-state index in [9.17, 15) is 5.11 Å². The van der Waals surface area contributed by atoms with E-state index < -0.39 is 0 Å². The number of aromatic nitrogens is 1. The minimum atomic E-state index is 0.223. The van der Waals surface area contributed by atoms with Gasteiger partial charge in [0.15, 0.2) is 0 Å². The van der Waals surface area contributed by atoms with Gasteiger partial charge in [0.25, 0.3) is 0 Å². The first-order valence-corrected chi connectivity index (χ1v) is 7.93. The third-order valence-corrected chi connectivity index (χ3v) is 4.58. The maximum absolute atomic E-state index is 9.56. The molecule has 1 aliphatic rings. The molecule has 1 aromatic rings. The van der Waals surface area contributed by atoms with Gasteiger partial charge in [0.1, 0.15) is 0 Å². The second-order valence-corrected chi connectivity index (χ2v) is 6.48. The van der Waals surface area contributed by atoms with Crippen LogP contribution in [0.15, 0.2) is 24.4 Å². The first-order valence-electron chi connectivity index (χ1n) is 7.93. The number of pyridine rings is 1. The fourth-order valence-electron chi connectivity index (χ4n) is 3.30. The first-order chi connectivity index (χ1) is 9.69. The predicted molar refractivity (Wildman–Crippen MR) is 82.5 cm³/mol. The highest BCUT2D eigenvalue weighted by Crippen LogP contribution is 2.28. The standard InChI is InChI=1S/C17H28N2O/c1-13-6-7-17(14(2)9-13)19-11-15(12-20)10-16-5-3-4-8-18-16/h3-5,8,13-15,17,19-20H,6-7,9-12H2,1-2H3. The fraction of sp³-hybridized carbons (Fsp3) is 0.706. The zero-order chi connectivity index (χ0) is 14.4. The number of aliphatic hydroxyl groups is 1. The highest BCUT2D eigenvalue weighted by Gasteiger charge is 2.25. The molecule has 3 nitrogen and oxygen atoms in total. The number of nitrogens with zero attached hydrogens (tertiary/aromatic N) is 1. The monoisotopic (exact) mass is 276 g/mol. The van der Waals surface area contributed by atoms with Crippen molar-refractivity contribution in [3.63, 3.8) is 0 Å². The molecule has 3 heteroatoms. The molecular formula is C17H28N2O. The van der Waals surface area contributed by atoms with Gasteiger partial charge >= 0.3 is 0 Å². The molecule has 20 heavy (non-hydrogen) atoms. The third kappa shape index (κ3) is 4.57. The van der Waals surface area contributed by atoms with Gasteiger partial charge in [-0.25, -0.2) is 0 Å². The SMILES string of the molecule is CC1CCC(NCC(CO)Cc2ccccn2)C(C)C1. The average molecular weight is 276 g/mol. The van der Waals surface area contributed by atoms with Crippen molar-refractivity contribution < 1.29 is 5.11 Å². The molecule has 0 amide bonds. The van der Waals surface area contributed by atoms with Crippen LogP contribution in [0, 0.1) is 17.8 Å². The summed E-state index contributed by atoms with van der Waals surface area (Å²) in [6.07, 6.45) is 6.58. The van der Waals surface area contributed by atoms with Crippen molar-refractivity contribution in [1.82, 2.24) is 10.3 Å². The number of aliphatic hydroxyl groups excluding tert-OH is 1. The lowest BCUT2D eigenvalue weighted by molar-refractivity contribution is 0.188. The van der Waals surface area contributed by atoms with Crippen LogP contribution >= 0.6 is 0 Å². The lowest BCUT2D eigenvalue weighted by Crippen LogP contribution is -2.42. The molecule has 0 aromatic carbocycles. The molecule has 112 valence electrons. The average Bonchev–Trinajstić information content (AvgIpc) is 2.46. The maximum atomic E-state index is 9.56. The summed E-state index contributed by atoms with van der Waals surface area (Å²) in [4.78, 5) is 4.35. The zero-order valence-corrected chi connectivity index (χ0v) is 12.8. The molecule has 0 radical (unpaired) electrons. The molecule has 0 spiro atoms. The predicted octanol–water partition coefficient (Wildman–Crippen LogP) is 2.65. The molecule has 1 fully saturated rings. The Morgan fingerprint density at radius 1 is 1.35 bits per heavy atom. The third-order valence-electron chi connectivity index (χ3n) is 4.58. The van der Waals surface area contributed by atoms with Gasteiger partial charge in [-0.2, -0.15) is 0 Å². The van der Waals surface area contributed by atoms with Gasteiger partial charge in [0.2, 0.25) is 0 Å². The van der Waals surface area contributed by atoms with Gasteiger partial charge in [-0.1, -0.05) is 19.9 Å². The molecule has 4 atom stereocenters. The summed E-state index contributed by atoms with van der Waals surface area (Å²) in [6, 6.07) is 6.59. The topological polar surface area (TPSA) is 45.1 Å². The van der Waals surface area contributed by atoms with E-state index in [4.69, 9.17) is 0 Å². The quantitative estimate of drug-likeness (QED) is 0.839. The maximum Gasteiger partial charge on any atom is 0.0475 e.